The molecule has 1 aliphatic carbocycles. The van der Waals surface area contributed by atoms with Crippen molar-refractivity contribution in [2.45, 2.75) is 18.8 Å². The van der Waals surface area contributed by atoms with Gasteiger partial charge in [-0.1, -0.05) is 42.0 Å². The second kappa shape index (κ2) is 9.13. The number of methoxy groups -OCH3 is 2. The number of carbonyl (C=O) groups excluding carboxylic acids is 2. The largest absolute Gasteiger partial charge is 0.511 e. The van der Waals surface area contributed by atoms with Crippen LogP contribution in [0, 0.1) is 46.7 Å². The molecule has 0 aliphatic heterocycles. The van der Waals surface area contributed by atoms with Gasteiger partial charge in [-0.2, -0.15) is 10.5 Å². The van der Waals surface area contributed by atoms with Crippen molar-refractivity contribution in [3.8, 4) is 12.1 Å². The number of aliphatic hydroxyl groups is 1. The van der Waals surface area contributed by atoms with Gasteiger partial charge in [-0.3, -0.25) is 4.79 Å². The van der Waals surface area contributed by atoms with Gasteiger partial charge < -0.3 is 14.6 Å². The molecule has 1 aliphatic rings. The van der Waals surface area contributed by atoms with E-state index in [0.717, 1.165) is 31.9 Å². The van der Waals surface area contributed by atoms with E-state index in [1.54, 1.807) is 24.3 Å². The van der Waals surface area contributed by atoms with Crippen molar-refractivity contribution in [2.75, 3.05) is 14.2 Å². The molecule has 1 N–H and O–H groups in total. The number of rotatable bonds is 4. The number of ether oxygens (including phenoxy) is 2. The van der Waals surface area contributed by atoms with Crippen molar-refractivity contribution in [1.82, 2.24) is 0 Å². The van der Waals surface area contributed by atoms with Crippen molar-refractivity contribution in [1.29, 1.82) is 10.5 Å². The lowest BCUT2D eigenvalue weighted by molar-refractivity contribution is -0.147. The van der Waals surface area contributed by atoms with Crippen LogP contribution >= 0.6 is 0 Å². The summed E-state index contributed by atoms with van der Waals surface area (Å²) in [7, 11) is 2.18. The molecule has 0 heterocycles. The first kappa shape index (κ1) is 23.5. The van der Waals surface area contributed by atoms with Crippen LogP contribution in [0.3, 0.4) is 0 Å². The van der Waals surface area contributed by atoms with Gasteiger partial charge in [0.05, 0.1) is 37.8 Å². The van der Waals surface area contributed by atoms with E-state index in [1.807, 2.05) is 19.1 Å². The minimum atomic E-state index is -2.05. The quantitative estimate of drug-likeness (QED) is 0.706. The van der Waals surface area contributed by atoms with Crippen LogP contribution in [0.2, 0.25) is 0 Å². The van der Waals surface area contributed by atoms with Crippen LogP contribution in [-0.4, -0.2) is 31.3 Å². The van der Waals surface area contributed by atoms with Crippen LogP contribution in [-0.2, 0) is 19.1 Å². The number of hydrogen-bond donors (Lipinski definition) is 1. The SMILES string of the molecule is COC(=O)C1=C(O)[C@@H](C(=O)OC)[C@H](c2ccc(C)cc2)C(C#N)(C#N)[C@H]1c1ccc(F)cc1. The number of benzene rings is 2. The molecule has 0 fully saturated rings. The summed E-state index contributed by atoms with van der Waals surface area (Å²) in [5.74, 6) is -7.24. The Morgan fingerprint density at radius 1 is 0.970 bits per heavy atom. The minimum absolute atomic E-state index is 0.229. The number of halogens is 1. The Morgan fingerprint density at radius 2 is 1.52 bits per heavy atom. The molecule has 0 aromatic heterocycles. The summed E-state index contributed by atoms with van der Waals surface area (Å²) in [5.41, 5.74) is -0.935. The summed E-state index contributed by atoms with van der Waals surface area (Å²) in [4.78, 5) is 25.7. The lowest BCUT2D eigenvalue weighted by Crippen LogP contribution is -2.47. The first-order chi connectivity index (χ1) is 15.7. The highest BCUT2D eigenvalue weighted by Crippen LogP contribution is 2.58. The van der Waals surface area contributed by atoms with Crippen molar-refractivity contribution in [3.05, 3.63) is 82.4 Å². The maximum absolute atomic E-state index is 13.7. The van der Waals surface area contributed by atoms with E-state index < -0.39 is 52.3 Å². The lowest BCUT2D eigenvalue weighted by Gasteiger charge is -2.44. The Hall–Kier alpha value is -4.17. The predicted octanol–water partition coefficient (Wildman–Crippen LogP) is 3.82. The molecule has 0 unspecified atom stereocenters. The number of carbonyl (C=O) groups is 2. The number of aryl methyl sites for hydroxylation is 1. The normalized spacial score (nSPS) is 21.5. The van der Waals surface area contributed by atoms with Gasteiger partial charge in [0, 0.05) is 5.92 Å². The van der Waals surface area contributed by atoms with Crippen LogP contribution in [0.1, 0.15) is 28.5 Å². The highest BCUT2D eigenvalue weighted by atomic mass is 19.1. The zero-order valence-corrected chi connectivity index (χ0v) is 18.2. The first-order valence-corrected chi connectivity index (χ1v) is 9.99. The Kier molecular flexibility index (Phi) is 6.50. The van der Waals surface area contributed by atoms with Gasteiger partial charge in [-0.25, -0.2) is 9.18 Å². The fourth-order valence-electron chi connectivity index (χ4n) is 4.46. The highest BCUT2D eigenvalue weighted by molar-refractivity contribution is 5.94. The Labute approximate surface area is 190 Å². The second-order valence-electron chi connectivity index (χ2n) is 7.76. The molecular formula is C25H21FN2O5. The number of nitrogens with zero attached hydrogens (tertiary/aromatic N) is 2. The number of nitriles is 2. The van der Waals surface area contributed by atoms with Crippen molar-refractivity contribution in [3.63, 3.8) is 0 Å². The van der Waals surface area contributed by atoms with E-state index in [4.69, 9.17) is 9.47 Å². The fourth-order valence-corrected chi connectivity index (χ4v) is 4.46. The van der Waals surface area contributed by atoms with Crippen LogP contribution in [0.15, 0.2) is 59.9 Å². The van der Waals surface area contributed by atoms with Gasteiger partial charge in [0.15, 0.2) is 5.41 Å². The molecule has 0 saturated carbocycles. The molecule has 3 atom stereocenters. The molecule has 0 saturated heterocycles. The molecule has 2 aromatic carbocycles. The van der Waals surface area contributed by atoms with Crippen LogP contribution in [0.25, 0.3) is 0 Å². The Balaban J connectivity index is 2.47. The van der Waals surface area contributed by atoms with E-state index in [0.29, 0.717) is 5.56 Å². The molecule has 0 bridgehead atoms. The first-order valence-electron chi connectivity index (χ1n) is 9.99. The van der Waals surface area contributed by atoms with E-state index >= 15 is 0 Å². The monoisotopic (exact) mass is 448 g/mol. The molecule has 2 aromatic rings. The third kappa shape index (κ3) is 3.81. The second-order valence-corrected chi connectivity index (χ2v) is 7.76. The summed E-state index contributed by atoms with van der Waals surface area (Å²) in [5, 5.41) is 32.0. The number of aliphatic hydroxyl groups excluding tert-OH is 1. The molecule has 0 radical (unpaired) electrons. The maximum atomic E-state index is 13.7. The molecule has 0 amide bonds. The molecule has 3 rings (SSSR count). The van der Waals surface area contributed by atoms with Crippen molar-refractivity contribution < 1.29 is 28.6 Å². The third-order valence-electron chi connectivity index (χ3n) is 6.01. The van der Waals surface area contributed by atoms with Gasteiger partial charge in [-0.05, 0) is 30.2 Å². The standard InChI is InChI=1S/C25H21FN2O5/c1-14-4-6-15(7-5-14)20-18(23(30)32-2)22(29)19(24(31)33-3)21(25(20,12-27)13-28)16-8-10-17(26)11-9-16/h4-11,18,20-21,29H,1-3H3/t18-,20-,21-/m0/s1. The van der Waals surface area contributed by atoms with Crippen LogP contribution < -0.4 is 0 Å². The minimum Gasteiger partial charge on any atom is -0.511 e. The van der Waals surface area contributed by atoms with Gasteiger partial charge in [0.25, 0.3) is 0 Å². The van der Waals surface area contributed by atoms with Crippen LogP contribution in [0.5, 0.6) is 0 Å². The van der Waals surface area contributed by atoms with Crippen molar-refractivity contribution in [2.24, 2.45) is 11.3 Å². The summed E-state index contributed by atoms with van der Waals surface area (Å²) in [6, 6.07) is 15.7. The highest BCUT2D eigenvalue weighted by Gasteiger charge is 2.61. The van der Waals surface area contributed by atoms with Gasteiger partial charge >= 0.3 is 11.9 Å². The predicted molar refractivity (Wildman–Crippen MR) is 114 cm³/mol. The number of esters is 2. The smallest absolute Gasteiger partial charge is 0.337 e. The van der Waals surface area contributed by atoms with E-state index in [-0.39, 0.29) is 5.56 Å². The molecule has 8 heteroatoms. The summed E-state index contributed by atoms with van der Waals surface area (Å²) < 4.78 is 23.4. The zero-order chi connectivity index (χ0) is 24.3. The summed E-state index contributed by atoms with van der Waals surface area (Å²) in [6.45, 7) is 1.85. The van der Waals surface area contributed by atoms with E-state index in [9.17, 15) is 29.6 Å². The molecule has 168 valence electrons. The van der Waals surface area contributed by atoms with Gasteiger partial charge in [0.2, 0.25) is 0 Å². The Morgan fingerprint density at radius 3 is 2.00 bits per heavy atom. The average molecular weight is 448 g/mol. The molecule has 33 heavy (non-hydrogen) atoms. The third-order valence-corrected chi connectivity index (χ3v) is 6.01. The number of hydrogen-bond acceptors (Lipinski definition) is 7. The maximum Gasteiger partial charge on any atom is 0.337 e. The lowest BCUT2D eigenvalue weighted by atomic mass is 9.54. The summed E-state index contributed by atoms with van der Waals surface area (Å²) in [6.07, 6.45) is 0. The van der Waals surface area contributed by atoms with Gasteiger partial charge in [-0.15, -0.1) is 0 Å². The molecule has 0 spiro atoms. The van der Waals surface area contributed by atoms with E-state index in [1.165, 1.54) is 12.1 Å². The topological polar surface area (TPSA) is 120 Å². The summed E-state index contributed by atoms with van der Waals surface area (Å²) >= 11 is 0. The molecular weight excluding hydrogens is 427 g/mol. The molecule has 7 nitrogen and oxygen atoms in total. The van der Waals surface area contributed by atoms with Gasteiger partial charge in [0.1, 0.15) is 17.5 Å². The van der Waals surface area contributed by atoms with Crippen molar-refractivity contribution >= 4 is 11.9 Å². The Bertz CT molecular complexity index is 1180. The fraction of sp³-hybridized carbons (Fsp3) is 0.280. The van der Waals surface area contributed by atoms with Crippen LogP contribution in [0.4, 0.5) is 4.39 Å². The zero-order valence-electron chi connectivity index (χ0n) is 18.2. The average Bonchev–Trinajstić information content (AvgIpc) is 2.83. The van der Waals surface area contributed by atoms with E-state index in [2.05, 4.69) is 0 Å².